The van der Waals surface area contributed by atoms with Gasteiger partial charge in [0, 0.05) is 10.7 Å². The Hall–Kier alpha value is -2.24. The number of halogens is 1. The average molecular weight is 307 g/mol. The number of hydrogen-bond donors (Lipinski definition) is 4. The molecule has 0 fully saturated rings. The molecule has 0 radical (unpaired) electrons. The molecule has 0 saturated carbocycles. The van der Waals surface area contributed by atoms with E-state index in [0.29, 0.717) is 16.3 Å². The molecule has 0 bridgehead atoms. The number of aromatic hydroxyl groups is 2. The van der Waals surface area contributed by atoms with Gasteiger partial charge in [0.2, 0.25) is 5.91 Å². The zero-order valence-corrected chi connectivity index (χ0v) is 11.8. The van der Waals surface area contributed by atoms with Crippen LogP contribution in [0.1, 0.15) is 5.56 Å². The lowest BCUT2D eigenvalue weighted by atomic mass is 10.1. The number of amides is 1. The van der Waals surface area contributed by atoms with E-state index in [2.05, 4.69) is 5.32 Å². The quantitative estimate of drug-likeness (QED) is 0.652. The molecular formula is C15H15ClN2O3. The number of carbonyl (C=O) groups excluding carboxylic acids is 1. The van der Waals surface area contributed by atoms with Gasteiger partial charge in [-0.1, -0.05) is 17.7 Å². The summed E-state index contributed by atoms with van der Waals surface area (Å²) in [6.45, 7) is 0. The fourth-order valence-corrected chi connectivity index (χ4v) is 1.94. The normalized spacial score (nSPS) is 11.9. The molecule has 0 aliphatic heterocycles. The number of phenolic OH excluding ortho intramolecular Hbond substituents is 2. The van der Waals surface area contributed by atoms with E-state index in [1.165, 1.54) is 12.1 Å². The highest BCUT2D eigenvalue weighted by atomic mass is 35.5. The van der Waals surface area contributed by atoms with Crippen LogP contribution in [-0.2, 0) is 11.2 Å². The van der Waals surface area contributed by atoms with Gasteiger partial charge < -0.3 is 21.3 Å². The summed E-state index contributed by atoms with van der Waals surface area (Å²) < 4.78 is 0. The number of phenols is 2. The number of hydrogen-bond acceptors (Lipinski definition) is 4. The lowest BCUT2D eigenvalue weighted by Gasteiger charge is -2.13. The lowest BCUT2D eigenvalue weighted by molar-refractivity contribution is -0.117. The molecule has 2 aromatic carbocycles. The van der Waals surface area contributed by atoms with Crippen LogP contribution in [-0.4, -0.2) is 22.2 Å². The Kier molecular flexibility index (Phi) is 4.67. The molecule has 1 amide bonds. The van der Waals surface area contributed by atoms with E-state index in [-0.39, 0.29) is 23.8 Å². The van der Waals surface area contributed by atoms with Gasteiger partial charge in [0.25, 0.3) is 0 Å². The second-order valence-electron chi connectivity index (χ2n) is 4.63. The van der Waals surface area contributed by atoms with Crippen molar-refractivity contribution in [1.82, 2.24) is 0 Å². The van der Waals surface area contributed by atoms with Crippen molar-refractivity contribution in [3.63, 3.8) is 0 Å². The van der Waals surface area contributed by atoms with Gasteiger partial charge in [0.15, 0.2) is 11.5 Å². The molecule has 0 unspecified atom stereocenters. The summed E-state index contributed by atoms with van der Waals surface area (Å²) >= 11 is 5.76. The summed E-state index contributed by atoms with van der Waals surface area (Å²) in [7, 11) is 0. The third-order valence-electron chi connectivity index (χ3n) is 2.94. The van der Waals surface area contributed by atoms with Crippen molar-refractivity contribution >= 4 is 23.2 Å². The van der Waals surface area contributed by atoms with Crippen LogP contribution in [0.2, 0.25) is 5.02 Å². The Morgan fingerprint density at radius 2 is 1.81 bits per heavy atom. The van der Waals surface area contributed by atoms with Gasteiger partial charge in [-0.05, 0) is 48.4 Å². The zero-order valence-electron chi connectivity index (χ0n) is 11.1. The Balaban J connectivity index is 1.98. The van der Waals surface area contributed by atoms with Gasteiger partial charge in [-0.15, -0.1) is 0 Å². The van der Waals surface area contributed by atoms with Gasteiger partial charge in [-0.25, -0.2) is 0 Å². The molecule has 0 aliphatic rings. The number of nitrogens with one attached hydrogen (secondary N) is 1. The third-order valence-corrected chi connectivity index (χ3v) is 3.20. The first-order valence-corrected chi connectivity index (χ1v) is 6.66. The first-order chi connectivity index (χ1) is 9.95. The summed E-state index contributed by atoms with van der Waals surface area (Å²) in [5.41, 5.74) is 7.09. The molecule has 2 aromatic rings. The average Bonchev–Trinajstić information content (AvgIpc) is 2.45. The van der Waals surface area contributed by atoms with Gasteiger partial charge in [0.1, 0.15) is 0 Å². The number of anilines is 1. The lowest BCUT2D eigenvalue weighted by Crippen LogP contribution is -2.37. The number of carbonyl (C=O) groups is 1. The molecule has 2 rings (SSSR count). The molecule has 0 saturated heterocycles. The van der Waals surface area contributed by atoms with Crippen LogP contribution in [0.25, 0.3) is 0 Å². The Morgan fingerprint density at radius 1 is 1.14 bits per heavy atom. The van der Waals surface area contributed by atoms with Gasteiger partial charge in [-0.3, -0.25) is 4.79 Å². The summed E-state index contributed by atoms with van der Waals surface area (Å²) in [6, 6.07) is 10.3. The molecule has 0 aromatic heterocycles. The first-order valence-electron chi connectivity index (χ1n) is 6.28. The van der Waals surface area contributed by atoms with Crippen molar-refractivity contribution in [3.8, 4) is 11.5 Å². The molecule has 5 nitrogen and oxygen atoms in total. The highest BCUT2D eigenvalue weighted by Crippen LogP contribution is 2.25. The molecule has 1 atom stereocenters. The zero-order chi connectivity index (χ0) is 15.4. The Labute approximate surface area is 127 Å². The minimum absolute atomic E-state index is 0.210. The van der Waals surface area contributed by atoms with Crippen LogP contribution in [0.3, 0.4) is 0 Å². The van der Waals surface area contributed by atoms with Gasteiger partial charge >= 0.3 is 0 Å². The SMILES string of the molecule is N[C@@H](Cc1ccc(O)c(O)c1)C(=O)Nc1ccc(Cl)cc1. The molecule has 0 heterocycles. The minimum Gasteiger partial charge on any atom is -0.504 e. The molecule has 0 spiro atoms. The maximum Gasteiger partial charge on any atom is 0.241 e. The van der Waals surface area contributed by atoms with Crippen LogP contribution in [0.4, 0.5) is 5.69 Å². The second kappa shape index (κ2) is 6.47. The Morgan fingerprint density at radius 3 is 2.43 bits per heavy atom. The number of rotatable bonds is 4. The summed E-state index contributed by atoms with van der Waals surface area (Å²) in [5.74, 6) is -0.791. The maximum atomic E-state index is 12.0. The molecule has 0 aliphatic carbocycles. The highest BCUT2D eigenvalue weighted by Gasteiger charge is 2.15. The fourth-order valence-electron chi connectivity index (χ4n) is 1.81. The predicted octanol–water partition coefficient (Wildman–Crippen LogP) is 2.26. The van der Waals surface area contributed by atoms with E-state index < -0.39 is 6.04 Å². The van der Waals surface area contributed by atoms with E-state index in [1.54, 1.807) is 30.3 Å². The van der Waals surface area contributed by atoms with E-state index in [9.17, 15) is 15.0 Å². The van der Waals surface area contributed by atoms with Gasteiger partial charge in [0.05, 0.1) is 6.04 Å². The van der Waals surface area contributed by atoms with Crippen molar-refractivity contribution in [2.75, 3.05) is 5.32 Å². The first kappa shape index (κ1) is 15.2. The van der Waals surface area contributed by atoms with Crippen molar-refractivity contribution in [1.29, 1.82) is 0 Å². The number of benzene rings is 2. The van der Waals surface area contributed by atoms with Crippen LogP contribution in [0.15, 0.2) is 42.5 Å². The highest BCUT2D eigenvalue weighted by molar-refractivity contribution is 6.30. The van der Waals surface area contributed by atoms with Gasteiger partial charge in [-0.2, -0.15) is 0 Å². The molecule has 6 heteroatoms. The van der Waals surface area contributed by atoms with E-state index in [4.69, 9.17) is 17.3 Å². The van der Waals surface area contributed by atoms with Crippen molar-refractivity contribution in [2.45, 2.75) is 12.5 Å². The topological polar surface area (TPSA) is 95.6 Å². The largest absolute Gasteiger partial charge is 0.504 e. The smallest absolute Gasteiger partial charge is 0.241 e. The van der Waals surface area contributed by atoms with Crippen LogP contribution >= 0.6 is 11.6 Å². The van der Waals surface area contributed by atoms with Crippen LogP contribution in [0.5, 0.6) is 11.5 Å². The van der Waals surface area contributed by atoms with Crippen LogP contribution in [0, 0.1) is 0 Å². The fraction of sp³-hybridized carbons (Fsp3) is 0.133. The molecular weight excluding hydrogens is 292 g/mol. The second-order valence-corrected chi connectivity index (χ2v) is 5.07. The summed E-state index contributed by atoms with van der Waals surface area (Å²) in [6.07, 6.45) is 0.243. The maximum absolute atomic E-state index is 12.0. The van der Waals surface area contributed by atoms with E-state index in [1.807, 2.05) is 0 Å². The number of nitrogens with two attached hydrogens (primary N) is 1. The van der Waals surface area contributed by atoms with Crippen molar-refractivity contribution in [3.05, 3.63) is 53.1 Å². The molecule has 110 valence electrons. The molecule has 5 N–H and O–H groups in total. The van der Waals surface area contributed by atoms with Crippen molar-refractivity contribution in [2.24, 2.45) is 5.73 Å². The minimum atomic E-state index is -0.773. The monoisotopic (exact) mass is 306 g/mol. The van der Waals surface area contributed by atoms with Crippen molar-refractivity contribution < 1.29 is 15.0 Å². The predicted molar refractivity (Wildman–Crippen MR) is 81.5 cm³/mol. The summed E-state index contributed by atoms with van der Waals surface area (Å²) in [5, 5.41) is 21.9. The van der Waals surface area contributed by atoms with E-state index in [0.717, 1.165) is 0 Å². The molecule has 21 heavy (non-hydrogen) atoms. The third kappa shape index (κ3) is 4.11. The standard InChI is InChI=1S/C15H15ClN2O3/c16-10-2-4-11(5-3-10)18-15(21)12(17)7-9-1-6-13(19)14(20)8-9/h1-6,8,12,19-20H,7,17H2,(H,18,21)/t12-/m0/s1. The van der Waals surface area contributed by atoms with Crippen LogP contribution < -0.4 is 11.1 Å². The van der Waals surface area contributed by atoms with E-state index >= 15 is 0 Å². The Bertz CT molecular complexity index is 644. The summed E-state index contributed by atoms with van der Waals surface area (Å²) in [4.78, 5) is 12.0.